The molecule has 0 aromatic heterocycles. The van der Waals surface area contributed by atoms with E-state index in [1.54, 1.807) is 0 Å². The van der Waals surface area contributed by atoms with Gasteiger partial charge in [-0.1, -0.05) is 77.3 Å². The zero-order valence-electron chi connectivity index (χ0n) is 33.3. The Balaban J connectivity index is 2.11. The Hall–Kier alpha value is -3.69. The Morgan fingerprint density at radius 1 is 0.860 bits per heavy atom. The second-order valence-electron chi connectivity index (χ2n) is 13.2. The first-order chi connectivity index (χ1) is 25.5. The Kier molecular flexibility index (Phi) is 11.8. The van der Waals surface area contributed by atoms with E-state index in [0.29, 0.717) is 27.2 Å². The smallest absolute Gasteiger partial charge is 0.303 e. The molecule has 1 aliphatic heterocycles. The molecular formula is C38H49ClO10Si. The summed E-state index contributed by atoms with van der Waals surface area (Å²) in [5, 5.41) is 12.7. The summed E-state index contributed by atoms with van der Waals surface area (Å²) in [7, 11) is -1.95. The highest BCUT2D eigenvalue weighted by Crippen LogP contribution is 2.43. The van der Waals surface area contributed by atoms with Crippen molar-refractivity contribution in [3.05, 3.63) is 69.7 Å². The van der Waals surface area contributed by atoms with Gasteiger partial charge in [0, 0.05) is 49.2 Å². The first-order valence-electron chi connectivity index (χ1n) is 19.0. The molecule has 1 fully saturated rings. The molecule has 0 saturated carbocycles. The summed E-state index contributed by atoms with van der Waals surface area (Å²) in [6.45, 7) is 9.29. The lowest BCUT2D eigenvalue weighted by Crippen LogP contribution is -2.66. The van der Waals surface area contributed by atoms with Crippen molar-refractivity contribution in [3.63, 3.8) is 0 Å². The fourth-order valence-electron chi connectivity index (χ4n) is 6.84. The van der Waals surface area contributed by atoms with Gasteiger partial charge in [0.1, 0.15) is 20.8 Å². The first-order valence-corrected chi connectivity index (χ1v) is 18.8. The van der Waals surface area contributed by atoms with Gasteiger partial charge in [0.2, 0.25) is 11.9 Å². The molecule has 1 heterocycles. The standard InChI is InChI=1S/C38H49ClO10Si/c1-22(2)50(23(3)4,24(5)6)18-17-29-11-13-30(14-12-29)19-31-20-32(15-16-33(31)39)38(44)37(48-28(10)43)36(47-27(9)42)35(46-26(8)41)34(49-38)21-45-25(7)40/h11-16,20,22-24,34-37,44H,19,21H2,1-10H3/t34-,35-,36+,37-,38?/m1/s1/i7D,8D,9D,10D. The van der Waals surface area contributed by atoms with Crippen LogP contribution in [0.15, 0.2) is 42.5 Å². The van der Waals surface area contributed by atoms with Crippen LogP contribution in [0, 0.1) is 11.5 Å². The van der Waals surface area contributed by atoms with Crippen molar-refractivity contribution in [2.45, 2.75) is 122 Å². The number of aliphatic hydroxyl groups is 1. The van der Waals surface area contributed by atoms with Gasteiger partial charge in [0.05, 0.1) is 0 Å². The van der Waals surface area contributed by atoms with Gasteiger partial charge in [-0.15, -0.1) is 5.54 Å². The Bertz CT molecular complexity index is 1680. The molecule has 1 N–H and O–H groups in total. The van der Waals surface area contributed by atoms with Crippen LogP contribution in [0.3, 0.4) is 0 Å². The van der Waals surface area contributed by atoms with Crippen molar-refractivity contribution in [3.8, 4) is 11.5 Å². The average molecular weight is 733 g/mol. The van der Waals surface area contributed by atoms with Gasteiger partial charge in [0.15, 0.2) is 12.2 Å². The second kappa shape index (κ2) is 17.0. The number of halogens is 1. The minimum absolute atomic E-state index is 0.0569. The Morgan fingerprint density at radius 2 is 1.42 bits per heavy atom. The predicted molar refractivity (Wildman–Crippen MR) is 191 cm³/mol. The summed E-state index contributed by atoms with van der Waals surface area (Å²) in [6.07, 6.45) is -6.94. The molecule has 0 bridgehead atoms. The summed E-state index contributed by atoms with van der Waals surface area (Å²) in [4.78, 5) is 49.5. The van der Waals surface area contributed by atoms with Crippen LogP contribution in [-0.4, -0.2) is 68.1 Å². The van der Waals surface area contributed by atoms with Gasteiger partial charge < -0.3 is 28.8 Å². The maximum absolute atomic E-state index is 12.6. The Labute approximate surface area is 306 Å². The molecule has 10 nitrogen and oxygen atoms in total. The zero-order valence-corrected chi connectivity index (χ0v) is 31.1. The van der Waals surface area contributed by atoms with Crippen LogP contribution in [0.1, 0.15) is 96.9 Å². The van der Waals surface area contributed by atoms with Crippen LogP contribution < -0.4 is 0 Å². The first kappa shape index (κ1) is 34.7. The number of carbonyl (C=O) groups is 4. The minimum Gasteiger partial charge on any atom is -0.463 e. The molecular weight excluding hydrogens is 680 g/mol. The van der Waals surface area contributed by atoms with Gasteiger partial charge in [-0.05, 0) is 58.4 Å². The lowest BCUT2D eigenvalue weighted by molar-refractivity contribution is -0.360. The van der Waals surface area contributed by atoms with E-state index in [2.05, 4.69) is 53.0 Å². The second-order valence-corrected chi connectivity index (χ2v) is 19.2. The lowest BCUT2D eigenvalue weighted by Gasteiger charge is -2.48. The third kappa shape index (κ3) is 9.54. The number of carbonyl (C=O) groups excluding carboxylic acids is 4. The molecule has 50 heavy (non-hydrogen) atoms. The van der Waals surface area contributed by atoms with Crippen molar-refractivity contribution in [2.24, 2.45) is 0 Å². The van der Waals surface area contributed by atoms with Crippen LogP contribution in [0.25, 0.3) is 0 Å². The molecule has 0 aliphatic carbocycles. The normalized spacial score (nSPS) is 23.1. The van der Waals surface area contributed by atoms with Crippen LogP contribution in [0.5, 0.6) is 0 Å². The van der Waals surface area contributed by atoms with Crippen molar-refractivity contribution in [1.29, 1.82) is 0 Å². The summed E-state index contributed by atoms with van der Waals surface area (Å²) in [5.74, 6) is -3.75. The number of ether oxygens (including phenoxy) is 5. The van der Waals surface area contributed by atoms with E-state index in [1.807, 2.05) is 24.3 Å². The van der Waals surface area contributed by atoms with Crippen LogP contribution in [-0.2, 0) is 55.1 Å². The van der Waals surface area contributed by atoms with E-state index < -0.39 is 96.4 Å². The van der Waals surface area contributed by atoms with Crippen LogP contribution in [0.2, 0.25) is 21.6 Å². The zero-order chi connectivity index (χ0) is 40.4. The maximum atomic E-state index is 12.6. The quantitative estimate of drug-likeness (QED) is 0.120. The van der Waals surface area contributed by atoms with E-state index in [0.717, 1.165) is 11.1 Å². The fourth-order valence-corrected chi connectivity index (χ4v) is 12.3. The van der Waals surface area contributed by atoms with Crippen LogP contribution in [0.4, 0.5) is 0 Å². The minimum atomic E-state index is -2.71. The van der Waals surface area contributed by atoms with E-state index in [-0.39, 0.29) is 12.0 Å². The topological polar surface area (TPSA) is 135 Å². The third-order valence-corrected chi connectivity index (χ3v) is 15.7. The van der Waals surface area contributed by atoms with E-state index in [9.17, 15) is 24.3 Å². The van der Waals surface area contributed by atoms with Gasteiger partial charge in [-0.25, -0.2) is 0 Å². The maximum Gasteiger partial charge on any atom is 0.303 e. The number of esters is 4. The Morgan fingerprint density at radius 3 is 1.98 bits per heavy atom. The summed E-state index contributed by atoms with van der Waals surface area (Å²) in [5.41, 5.74) is 7.32. The van der Waals surface area contributed by atoms with Crippen molar-refractivity contribution >= 4 is 43.6 Å². The molecule has 1 aliphatic rings. The molecule has 2 aromatic carbocycles. The van der Waals surface area contributed by atoms with Gasteiger partial charge in [-0.3, -0.25) is 19.2 Å². The van der Waals surface area contributed by atoms with E-state index in [4.69, 9.17) is 40.8 Å². The van der Waals surface area contributed by atoms with Crippen molar-refractivity contribution in [2.75, 3.05) is 6.61 Å². The molecule has 0 amide bonds. The third-order valence-electron chi connectivity index (χ3n) is 9.00. The van der Waals surface area contributed by atoms with Gasteiger partial charge in [-0.2, -0.15) is 0 Å². The van der Waals surface area contributed by atoms with Crippen molar-refractivity contribution < 1.29 is 53.5 Å². The highest BCUT2D eigenvalue weighted by Gasteiger charge is 2.60. The monoisotopic (exact) mass is 732 g/mol. The molecule has 5 atom stereocenters. The highest BCUT2D eigenvalue weighted by molar-refractivity contribution is 6.90. The van der Waals surface area contributed by atoms with E-state index in [1.165, 1.54) is 18.2 Å². The average Bonchev–Trinajstić information content (AvgIpc) is 3.14. The molecule has 0 spiro atoms. The van der Waals surface area contributed by atoms with Gasteiger partial charge >= 0.3 is 23.9 Å². The number of hydrogen-bond acceptors (Lipinski definition) is 10. The van der Waals surface area contributed by atoms with Crippen molar-refractivity contribution in [1.82, 2.24) is 0 Å². The largest absolute Gasteiger partial charge is 0.463 e. The van der Waals surface area contributed by atoms with Crippen LogP contribution >= 0.6 is 11.6 Å². The molecule has 3 rings (SSSR count). The molecule has 12 heteroatoms. The number of rotatable bonds is 11. The molecule has 1 unspecified atom stereocenters. The predicted octanol–water partition coefficient (Wildman–Crippen LogP) is 6.40. The summed E-state index contributed by atoms with van der Waals surface area (Å²) in [6, 6.07) is 12.0. The molecule has 272 valence electrons. The van der Waals surface area contributed by atoms with E-state index >= 15 is 0 Å². The highest BCUT2D eigenvalue weighted by atomic mass is 35.5. The summed E-state index contributed by atoms with van der Waals surface area (Å²) >= 11 is 6.64. The SMILES string of the molecule is [2H]CC(=O)OC[C@H]1OC(O)(c2ccc(Cl)c(Cc3ccc(C#C[Si](C(C)C)(C(C)C)C(C)C)cc3)c2)[C@H](OC(=O)C[2H])[C@@H](OC(=O)C[2H])[C@@H]1OC(=O)C[2H]. The number of benzene rings is 2. The fraction of sp³-hybridized carbons (Fsp3) is 0.526. The number of hydrogen-bond donors (Lipinski definition) is 1. The summed E-state index contributed by atoms with van der Waals surface area (Å²) < 4.78 is 57.1. The molecule has 2 aromatic rings. The molecule has 0 radical (unpaired) electrons. The van der Waals surface area contributed by atoms with Gasteiger partial charge in [0.25, 0.3) is 0 Å². The molecule has 1 saturated heterocycles. The lowest BCUT2D eigenvalue weighted by atomic mass is 9.86.